The van der Waals surface area contributed by atoms with Gasteiger partial charge in [0.1, 0.15) is 0 Å². The smallest absolute Gasteiger partial charge is 0.195 e. The molecule has 1 rings (SSSR count). The Hall–Kier alpha value is -0.810. The van der Waals surface area contributed by atoms with Crippen LogP contribution in [0, 0.1) is 0 Å². The molecule has 0 unspecified atom stereocenters. The van der Waals surface area contributed by atoms with Gasteiger partial charge >= 0.3 is 0 Å². The van der Waals surface area contributed by atoms with Crippen LogP contribution in [0.5, 0.6) is 0 Å². The van der Waals surface area contributed by atoms with Gasteiger partial charge in [-0.3, -0.25) is 4.99 Å². The second-order valence-electron chi connectivity index (χ2n) is 5.47. The van der Waals surface area contributed by atoms with Gasteiger partial charge in [-0.2, -0.15) is 0 Å². The molecule has 0 radical (unpaired) electrons. The molecule has 5 heteroatoms. The first-order valence-electron chi connectivity index (χ1n) is 6.80. The van der Waals surface area contributed by atoms with Crippen molar-refractivity contribution in [2.45, 2.75) is 6.42 Å². The van der Waals surface area contributed by atoms with Crippen molar-refractivity contribution in [3.05, 3.63) is 0 Å². The van der Waals surface area contributed by atoms with Crippen molar-refractivity contribution in [1.82, 2.24) is 19.6 Å². The van der Waals surface area contributed by atoms with E-state index < -0.39 is 0 Å². The highest BCUT2D eigenvalue weighted by molar-refractivity contribution is 5.79. The maximum atomic E-state index is 4.68. The first-order chi connectivity index (χ1) is 8.50. The maximum absolute atomic E-state index is 4.68. The van der Waals surface area contributed by atoms with Gasteiger partial charge in [-0.15, -0.1) is 0 Å². The van der Waals surface area contributed by atoms with Crippen molar-refractivity contribution in [2.75, 3.05) is 74.5 Å². The van der Waals surface area contributed by atoms with Gasteiger partial charge in [0.15, 0.2) is 5.96 Å². The summed E-state index contributed by atoms with van der Waals surface area (Å²) >= 11 is 0. The molecule has 1 aliphatic heterocycles. The minimum atomic E-state index is 0.884. The minimum Gasteiger partial charge on any atom is -0.349 e. The van der Waals surface area contributed by atoms with Crippen LogP contribution in [0.2, 0.25) is 0 Å². The fourth-order valence-corrected chi connectivity index (χ4v) is 2.30. The molecule has 5 nitrogen and oxygen atoms in total. The van der Waals surface area contributed by atoms with E-state index in [0.29, 0.717) is 0 Å². The lowest BCUT2D eigenvalue weighted by Crippen LogP contribution is -2.36. The average Bonchev–Trinajstić information content (AvgIpc) is 2.48. The SMILES string of the molecule is CN1CCCN(CCN=C(N(C)C)N(C)C)CC1. The zero-order valence-corrected chi connectivity index (χ0v) is 12.7. The lowest BCUT2D eigenvalue weighted by atomic mass is 10.4. The normalized spacial score (nSPS) is 18.3. The fraction of sp³-hybridized carbons (Fsp3) is 0.923. The highest BCUT2D eigenvalue weighted by atomic mass is 15.3. The fourth-order valence-electron chi connectivity index (χ4n) is 2.30. The van der Waals surface area contributed by atoms with E-state index in [1.807, 2.05) is 28.2 Å². The molecule has 0 aromatic carbocycles. The minimum absolute atomic E-state index is 0.884. The summed E-state index contributed by atoms with van der Waals surface area (Å²) in [5.74, 6) is 1.04. The highest BCUT2D eigenvalue weighted by Crippen LogP contribution is 2.00. The second-order valence-corrected chi connectivity index (χ2v) is 5.47. The molecule has 1 aliphatic rings. The Morgan fingerprint density at radius 2 is 1.67 bits per heavy atom. The molecule has 0 N–H and O–H groups in total. The Morgan fingerprint density at radius 1 is 1.00 bits per heavy atom. The van der Waals surface area contributed by atoms with Crippen LogP contribution in [-0.4, -0.2) is 100 Å². The molecule has 1 saturated heterocycles. The summed E-state index contributed by atoms with van der Waals surface area (Å²) in [5, 5.41) is 0. The van der Waals surface area contributed by atoms with E-state index in [1.165, 1.54) is 32.6 Å². The molecular formula is C13H29N5. The van der Waals surface area contributed by atoms with E-state index in [-0.39, 0.29) is 0 Å². The van der Waals surface area contributed by atoms with E-state index in [2.05, 4.69) is 31.6 Å². The molecular weight excluding hydrogens is 226 g/mol. The van der Waals surface area contributed by atoms with E-state index in [9.17, 15) is 0 Å². The third-order valence-electron chi connectivity index (χ3n) is 3.28. The molecule has 1 fully saturated rings. The number of likely N-dealkylation sites (N-methyl/N-ethyl adjacent to an activating group) is 1. The van der Waals surface area contributed by atoms with Crippen LogP contribution in [0.25, 0.3) is 0 Å². The van der Waals surface area contributed by atoms with Crippen molar-refractivity contribution < 1.29 is 0 Å². The number of guanidine groups is 1. The van der Waals surface area contributed by atoms with Crippen molar-refractivity contribution >= 4 is 5.96 Å². The Balaban J connectivity index is 2.37. The van der Waals surface area contributed by atoms with Gasteiger partial charge in [-0.1, -0.05) is 0 Å². The predicted octanol–water partition coefficient (Wildman–Crippen LogP) is 0.103. The van der Waals surface area contributed by atoms with E-state index in [0.717, 1.165) is 19.0 Å². The summed E-state index contributed by atoms with van der Waals surface area (Å²) in [7, 11) is 10.4. The van der Waals surface area contributed by atoms with Crippen LogP contribution < -0.4 is 0 Å². The number of rotatable bonds is 3. The van der Waals surface area contributed by atoms with Gasteiger partial charge in [0, 0.05) is 47.8 Å². The Morgan fingerprint density at radius 3 is 2.28 bits per heavy atom. The topological polar surface area (TPSA) is 25.3 Å². The Labute approximate surface area is 112 Å². The highest BCUT2D eigenvalue weighted by Gasteiger charge is 2.11. The standard InChI is InChI=1S/C13H29N5/c1-15(2)13(16(3)4)14-7-10-18-9-6-8-17(5)11-12-18/h6-12H2,1-5H3. The molecule has 0 spiro atoms. The number of hydrogen-bond acceptors (Lipinski definition) is 3. The number of nitrogens with zero attached hydrogens (tertiary/aromatic N) is 5. The lowest BCUT2D eigenvalue weighted by Gasteiger charge is -2.24. The van der Waals surface area contributed by atoms with E-state index in [4.69, 9.17) is 0 Å². The average molecular weight is 255 g/mol. The summed E-state index contributed by atoms with van der Waals surface area (Å²) < 4.78 is 0. The predicted molar refractivity (Wildman–Crippen MR) is 78.2 cm³/mol. The van der Waals surface area contributed by atoms with E-state index in [1.54, 1.807) is 0 Å². The molecule has 0 amide bonds. The lowest BCUT2D eigenvalue weighted by molar-refractivity contribution is 0.282. The van der Waals surface area contributed by atoms with Crippen LogP contribution in [-0.2, 0) is 0 Å². The summed E-state index contributed by atoms with van der Waals surface area (Å²) in [6, 6.07) is 0. The zero-order chi connectivity index (χ0) is 13.5. The quantitative estimate of drug-likeness (QED) is 0.528. The molecule has 0 aromatic rings. The van der Waals surface area contributed by atoms with Gasteiger partial charge in [0.2, 0.25) is 0 Å². The van der Waals surface area contributed by atoms with Gasteiger partial charge in [0.25, 0.3) is 0 Å². The van der Waals surface area contributed by atoms with Crippen LogP contribution in [0.4, 0.5) is 0 Å². The van der Waals surface area contributed by atoms with Crippen molar-refractivity contribution in [1.29, 1.82) is 0 Å². The number of aliphatic imine (C=N–C) groups is 1. The second kappa shape index (κ2) is 7.59. The van der Waals surface area contributed by atoms with Crippen molar-refractivity contribution in [3.63, 3.8) is 0 Å². The molecule has 0 bridgehead atoms. The molecule has 0 atom stereocenters. The summed E-state index contributed by atoms with van der Waals surface area (Å²) in [6.07, 6.45) is 1.27. The monoisotopic (exact) mass is 255 g/mol. The van der Waals surface area contributed by atoms with Crippen molar-refractivity contribution in [2.24, 2.45) is 4.99 Å². The molecule has 0 aliphatic carbocycles. The first-order valence-corrected chi connectivity index (χ1v) is 6.80. The largest absolute Gasteiger partial charge is 0.349 e. The maximum Gasteiger partial charge on any atom is 0.195 e. The molecule has 0 saturated carbocycles. The molecule has 106 valence electrons. The van der Waals surface area contributed by atoms with Crippen LogP contribution in [0.3, 0.4) is 0 Å². The van der Waals surface area contributed by atoms with Gasteiger partial charge < -0.3 is 19.6 Å². The third kappa shape index (κ3) is 5.23. The van der Waals surface area contributed by atoms with Gasteiger partial charge in [-0.25, -0.2) is 0 Å². The Kier molecular flexibility index (Phi) is 6.43. The number of hydrogen-bond donors (Lipinski definition) is 0. The summed E-state index contributed by atoms with van der Waals surface area (Å²) in [4.78, 5) is 13.7. The van der Waals surface area contributed by atoms with Crippen LogP contribution in [0.1, 0.15) is 6.42 Å². The molecule has 0 aromatic heterocycles. The Bertz CT molecular complexity index is 252. The van der Waals surface area contributed by atoms with Gasteiger partial charge in [-0.05, 0) is 26.6 Å². The summed E-state index contributed by atoms with van der Waals surface area (Å²) in [5.41, 5.74) is 0. The molecule has 18 heavy (non-hydrogen) atoms. The molecule has 1 heterocycles. The summed E-state index contributed by atoms with van der Waals surface area (Å²) in [6.45, 7) is 6.73. The van der Waals surface area contributed by atoms with Crippen molar-refractivity contribution in [3.8, 4) is 0 Å². The first kappa shape index (κ1) is 15.2. The van der Waals surface area contributed by atoms with Gasteiger partial charge in [0.05, 0.1) is 6.54 Å². The third-order valence-corrected chi connectivity index (χ3v) is 3.28. The van der Waals surface area contributed by atoms with E-state index >= 15 is 0 Å². The van der Waals surface area contributed by atoms with Crippen LogP contribution in [0.15, 0.2) is 4.99 Å². The van der Waals surface area contributed by atoms with Crippen LogP contribution >= 0.6 is 0 Å². The zero-order valence-electron chi connectivity index (χ0n) is 12.7.